The Morgan fingerprint density at radius 3 is 3.10 bits per heavy atom. The Kier molecular flexibility index (Phi) is 3.81. The summed E-state index contributed by atoms with van der Waals surface area (Å²) in [6.45, 7) is 0. The maximum Gasteiger partial charge on any atom is 0.154 e. The summed E-state index contributed by atoms with van der Waals surface area (Å²) >= 11 is 4.97. The molecule has 0 radical (unpaired) electrons. The SMILES string of the molecule is CO[C@@H]1C[C@H]2CSC(N)=N[C@@]2(c2cc(Br)ccc2F)C1. The van der Waals surface area contributed by atoms with E-state index >= 15 is 0 Å². The number of rotatable bonds is 2. The van der Waals surface area contributed by atoms with Gasteiger partial charge in [0.25, 0.3) is 0 Å². The highest BCUT2D eigenvalue weighted by Crippen LogP contribution is 2.52. The van der Waals surface area contributed by atoms with Gasteiger partial charge in [0.2, 0.25) is 0 Å². The van der Waals surface area contributed by atoms with Gasteiger partial charge in [-0.15, -0.1) is 0 Å². The Bertz CT molecular complexity index is 568. The van der Waals surface area contributed by atoms with Gasteiger partial charge >= 0.3 is 0 Å². The van der Waals surface area contributed by atoms with E-state index in [0.717, 1.165) is 16.6 Å². The number of benzene rings is 1. The Labute approximate surface area is 130 Å². The standard InChI is InChI=1S/C14H16BrFN2OS/c1-19-10-4-8-7-20-13(17)18-14(8,6-10)11-5-9(15)2-3-12(11)16/h2-3,5,8,10H,4,6-7H2,1H3,(H2,17,18)/t8-,10+,14-/m0/s1. The van der Waals surface area contributed by atoms with Crippen molar-refractivity contribution in [3.05, 3.63) is 34.1 Å². The van der Waals surface area contributed by atoms with Gasteiger partial charge in [-0.3, -0.25) is 4.99 Å². The zero-order chi connectivity index (χ0) is 14.3. The van der Waals surface area contributed by atoms with Crippen molar-refractivity contribution >= 4 is 32.9 Å². The summed E-state index contributed by atoms with van der Waals surface area (Å²) in [5.74, 6) is 0.896. The predicted octanol–water partition coefficient (Wildman–Crippen LogP) is 3.27. The van der Waals surface area contributed by atoms with Crippen molar-refractivity contribution in [2.75, 3.05) is 12.9 Å². The summed E-state index contributed by atoms with van der Waals surface area (Å²) < 4.78 is 20.7. The van der Waals surface area contributed by atoms with E-state index in [1.807, 2.05) is 6.07 Å². The van der Waals surface area contributed by atoms with Crippen LogP contribution in [0.5, 0.6) is 0 Å². The second-order valence-electron chi connectivity index (χ2n) is 5.30. The average molecular weight is 359 g/mol. The van der Waals surface area contributed by atoms with Gasteiger partial charge in [0.1, 0.15) is 5.82 Å². The molecule has 3 atom stereocenters. The number of hydrogen-bond acceptors (Lipinski definition) is 4. The van der Waals surface area contributed by atoms with Crippen LogP contribution < -0.4 is 5.73 Å². The molecule has 3 nitrogen and oxygen atoms in total. The van der Waals surface area contributed by atoms with Crippen molar-refractivity contribution in [2.45, 2.75) is 24.5 Å². The van der Waals surface area contributed by atoms with E-state index in [-0.39, 0.29) is 17.8 Å². The molecule has 108 valence electrons. The molecule has 1 fully saturated rings. The van der Waals surface area contributed by atoms with Crippen LogP contribution in [0.15, 0.2) is 27.7 Å². The fourth-order valence-corrected chi connectivity index (χ4v) is 4.64. The third-order valence-corrected chi connectivity index (χ3v) is 5.68. The highest BCUT2D eigenvalue weighted by Gasteiger charge is 2.52. The van der Waals surface area contributed by atoms with Crippen LogP contribution in [-0.4, -0.2) is 24.1 Å². The Balaban J connectivity index is 2.14. The van der Waals surface area contributed by atoms with Crippen LogP contribution in [0.1, 0.15) is 18.4 Å². The van der Waals surface area contributed by atoms with Gasteiger partial charge in [-0.2, -0.15) is 0 Å². The van der Waals surface area contributed by atoms with Gasteiger partial charge in [0, 0.05) is 35.2 Å². The second-order valence-corrected chi connectivity index (χ2v) is 7.26. The maximum atomic E-state index is 14.4. The number of nitrogens with two attached hydrogens (primary N) is 1. The lowest BCUT2D eigenvalue weighted by Gasteiger charge is -2.35. The summed E-state index contributed by atoms with van der Waals surface area (Å²) in [4.78, 5) is 4.66. The molecule has 1 aromatic carbocycles. The van der Waals surface area contributed by atoms with Crippen LogP contribution in [0.3, 0.4) is 0 Å². The summed E-state index contributed by atoms with van der Waals surface area (Å²) in [5, 5.41) is 0.539. The van der Waals surface area contributed by atoms with Crippen LogP contribution in [0, 0.1) is 11.7 Å². The van der Waals surface area contributed by atoms with Crippen LogP contribution in [-0.2, 0) is 10.3 Å². The minimum atomic E-state index is -0.579. The molecule has 1 aliphatic heterocycles. The van der Waals surface area contributed by atoms with Crippen molar-refractivity contribution in [1.82, 2.24) is 0 Å². The number of nitrogens with zero attached hydrogens (tertiary/aromatic N) is 1. The molecule has 0 aromatic heterocycles. The number of fused-ring (bicyclic) bond motifs is 1. The van der Waals surface area contributed by atoms with Gasteiger partial charge in [-0.1, -0.05) is 27.7 Å². The van der Waals surface area contributed by atoms with E-state index in [9.17, 15) is 4.39 Å². The normalized spacial score (nSPS) is 32.9. The molecule has 1 aliphatic carbocycles. The lowest BCUT2D eigenvalue weighted by atomic mass is 9.81. The molecule has 1 saturated carbocycles. The molecule has 0 amide bonds. The van der Waals surface area contributed by atoms with E-state index in [1.165, 1.54) is 6.07 Å². The first-order valence-electron chi connectivity index (χ1n) is 6.51. The fourth-order valence-electron chi connectivity index (χ4n) is 3.27. The van der Waals surface area contributed by atoms with E-state index in [0.29, 0.717) is 17.2 Å². The first-order valence-corrected chi connectivity index (χ1v) is 8.29. The number of ether oxygens (including phenoxy) is 1. The van der Waals surface area contributed by atoms with Crippen LogP contribution in [0.2, 0.25) is 0 Å². The highest BCUT2D eigenvalue weighted by molar-refractivity contribution is 9.10. The molecular formula is C14H16BrFN2OS. The highest BCUT2D eigenvalue weighted by atomic mass is 79.9. The molecular weight excluding hydrogens is 343 g/mol. The molecule has 20 heavy (non-hydrogen) atoms. The molecule has 2 aliphatic rings. The van der Waals surface area contributed by atoms with Gasteiger partial charge in [-0.25, -0.2) is 4.39 Å². The first kappa shape index (κ1) is 14.4. The molecule has 6 heteroatoms. The van der Waals surface area contributed by atoms with Crippen LogP contribution >= 0.6 is 27.7 Å². The number of methoxy groups -OCH3 is 1. The summed E-state index contributed by atoms with van der Waals surface area (Å²) in [6, 6.07) is 5.02. The molecule has 1 heterocycles. The van der Waals surface area contributed by atoms with E-state index < -0.39 is 5.54 Å². The second kappa shape index (κ2) is 5.31. The quantitative estimate of drug-likeness (QED) is 0.882. The van der Waals surface area contributed by atoms with E-state index in [1.54, 1.807) is 24.9 Å². The van der Waals surface area contributed by atoms with Gasteiger partial charge in [0.15, 0.2) is 5.17 Å². The topological polar surface area (TPSA) is 47.6 Å². The fraction of sp³-hybridized carbons (Fsp3) is 0.500. The maximum absolute atomic E-state index is 14.4. The molecule has 0 bridgehead atoms. The van der Waals surface area contributed by atoms with Crippen LogP contribution in [0.4, 0.5) is 4.39 Å². The summed E-state index contributed by atoms with van der Waals surface area (Å²) in [7, 11) is 1.70. The minimum absolute atomic E-state index is 0.105. The monoisotopic (exact) mass is 358 g/mol. The van der Waals surface area contributed by atoms with Crippen molar-refractivity contribution in [3.63, 3.8) is 0 Å². The van der Waals surface area contributed by atoms with Gasteiger partial charge in [0.05, 0.1) is 11.6 Å². The lowest BCUT2D eigenvalue weighted by molar-refractivity contribution is 0.102. The number of halogens is 2. The third kappa shape index (κ3) is 2.27. The smallest absolute Gasteiger partial charge is 0.154 e. The van der Waals surface area contributed by atoms with Crippen LogP contribution in [0.25, 0.3) is 0 Å². The zero-order valence-electron chi connectivity index (χ0n) is 11.1. The minimum Gasteiger partial charge on any atom is -0.381 e. The van der Waals surface area contributed by atoms with Crippen molar-refractivity contribution in [1.29, 1.82) is 0 Å². The Morgan fingerprint density at radius 2 is 2.35 bits per heavy atom. The van der Waals surface area contributed by atoms with E-state index in [4.69, 9.17) is 10.5 Å². The third-order valence-electron chi connectivity index (χ3n) is 4.23. The number of aliphatic imine (C=N–C) groups is 1. The number of hydrogen-bond donors (Lipinski definition) is 1. The summed E-state index contributed by atoms with van der Waals surface area (Å²) in [6.07, 6.45) is 1.68. The molecule has 0 spiro atoms. The Morgan fingerprint density at radius 1 is 1.55 bits per heavy atom. The zero-order valence-corrected chi connectivity index (χ0v) is 13.5. The molecule has 0 unspecified atom stereocenters. The Hall–Kier alpha value is -0.590. The molecule has 0 saturated heterocycles. The number of amidine groups is 1. The van der Waals surface area contributed by atoms with Crippen molar-refractivity contribution in [2.24, 2.45) is 16.6 Å². The number of thioether (sulfide) groups is 1. The summed E-state index contributed by atoms with van der Waals surface area (Å²) in [5.41, 5.74) is 5.97. The average Bonchev–Trinajstić information content (AvgIpc) is 2.80. The van der Waals surface area contributed by atoms with E-state index in [2.05, 4.69) is 20.9 Å². The van der Waals surface area contributed by atoms with Crippen molar-refractivity contribution < 1.29 is 9.13 Å². The molecule has 2 N–H and O–H groups in total. The molecule has 3 rings (SSSR count). The largest absolute Gasteiger partial charge is 0.381 e. The lowest BCUT2D eigenvalue weighted by Crippen LogP contribution is -2.37. The first-order chi connectivity index (χ1) is 9.55. The van der Waals surface area contributed by atoms with Gasteiger partial charge < -0.3 is 10.5 Å². The van der Waals surface area contributed by atoms with Gasteiger partial charge in [-0.05, 0) is 24.6 Å². The molecule has 1 aromatic rings. The predicted molar refractivity (Wildman–Crippen MR) is 83.4 cm³/mol. The van der Waals surface area contributed by atoms with Crippen molar-refractivity contribution in [3.8, 4) is 0 Å².